The quantitative estimate of drug-likeness (QED) is 0.637. The lowest BCUT2D eigenvalue weighted by atomic mass is 9.91. The molecule has 0 bridgehead atoms. The molecule has 1 rings (SSSR count). The van der Waals surface area contributed by atoms with Gasteiger partial charge < -0.3 is 10.8 Å². The summed E-state index contributed by atoms with van der Waals surface area (Å²) in [5.74, 6) is 1.19. The first kappa shape index (κ1) is 8.87. The van der Waals surface area contributed by atoms with Crippen molar-refractivity contribution in [3.8, 4) is 0 Å². The molecule has 64 valence electrons. The standard InChI is InChI=1S/C7H13NO2S/c8-3-5-4-11-2-1-6(5)7(9)10/h5-6H,1-4,8H2,(H,9,10)/t5-,6+/m0/s1. The van der Waals surface area contributed by atoms with Gasteiger partial charge in [0.15, 0.2) is 0 Å². The van der Waals surface area contributed by atoms with Crippen LogP contribution in [0.25, 0.3) is 0 Å². The zero-order valence-corrected chi connectivity index (χ0v) is 7.14. The highest BCUT2D eigenvalue weighted by molar-refractivity contribution is 7.99. The summed E-state index contributed by atoms with van der Waals surface area (Å²) in [6.45, 7) is 0.504. The van der Waals surface area contributed by atoms with Crippen molar-refractivity contribution in [3.63, 3.8) is 0 Å². The Kier molecular flexibility index (Phi) is 3.20. The first-order valence-corrected chi connectivity index (χ1v) is 4.91. The number of hydrogen-bond acceptors (Lipinski definition) is 3. The van der Waals surface area contributed by atoms with Gasteiger partial charge in [-0.1, -0.05) is 0 Å². The lowest BCUT2D eigenvalue weighted by Gasteiger charge is -2.26. The van der Waals surface area contributed by atoms with Gasteiger partial charge in [-0.2, -0.15) is 11.8 Å². The fourth-order valence-electron chi connectivity index (χ4n) is 1.35. The maximum atomic E-state index is 10.7. The third-order valence-corrected chi connectivity index (χ3v) is 3.28. The average molecular weight is 175 g/mol. The number of carboxylic acids is 1. The van der Waals surface area contributed by atoms with E-state index in [2.05, 4.69) is 0 Å². The topological polar surface area (TPSA) is 63.3 Å². The van der Waals surface area contributed by atoms with E-state index < -0.39 is 5.97 Å². The molecule has 3 nitrogen and oxygen atoms in total. The molecule has 0 aromatic carbocycles. The SMILES string of the molecule is NC[C@H]1CSCC[C@H]1C(=O)O. The first-order valence-electron chi connectivity index (χ1n) is 3.76. The van der Waals surface area contributed by atoms with E-state index in [1.54, 1.807) is 11.8 Å². The van der Waals surface area contributed by atoms with Crippen LogP contribution in [0.4, 0.5) is 0 Å². The molecule has 1 heterocycles. The second-order valence-corrected chi connectivity index (χ2v) is 3.95. The summed E-state index contributed by atoms with van der Waals surface area (Å²) in [5, 5.41) is 8.77. The maximum absolute atomic E-state index is 10.7. The predicted molar refractivity (Wildman–Crippen MR) is 45.6 cm³/mol. The molecule has 1 fully saturated rings. The van der Waals surface area contributed by atoms with Gasteiger partial charge in [-0.3, -0.25) is 4.79 Å². The molecule has 1 aliphatic heterocycles. The monoisotopic (exact) mass is 175 g/mol. The zero-order chi connectivity index (χ0) is 8.27. The van der Waals surface area contributed by atoms with Gasteiger partial charge in [-0.15, -0.1) is 0 Å². The van der Waals surface area contributed by atoms with Crippen molar-refractivity contribution in [1.82, 2.24) is 0 Å². The minimum atomic E-state index is -0.680. The van der Waals surface area contributed by atoms with Crippen LogP contribution in [0.15, 0.2) is 0 Å². The van der Waals surface area contributed by atoms with E-state index in [0.29, 0.717) is 6.54 Å². The second-order valence-electron chi connectivity index (χ2n) is 2.80. The Bertz CT molecular complexity index is 151. The largest absolute Gasteiger partial charge is 0.481 e. The third-order valence-electron chi connectivity index (χ3n) is 2.09. The summed E-state index contributed by atoms with van der Waals surface area (Å²) in [4.78, 5) is 10.7. The van der Waals surface area contributed by atoms with Crippen molar-refractivity contribution in [2.75, 3.05) is 18.1 Å². The number of hydrogen-bond donors (Lipinski definition) is 2. The fourth-order valence-corrected chi connectivity index (χ4v) is 2.61. The smallest absolute Gasteiger partial charge is 0.306 e. The molecule has 2 atom stereocenters. The van der Waals surface area contributed by atoms with Crippen LogP contribution in [0.3, 0.4) is 0 Å². The minimum absolute atomic E-state index is 0.186. The van der Waals surface area contributed by atoms with Gasteiger partial charge in [0, 0.05) is 0 Å². The van der Waals surface area contributed by atoms with Crippen LogP contribution in [0.2, 0.25) is 0 Å². The summed E-state index contributed by atoms with van der Waals surface area (Å²) in [6, 6.07) is 0. The molecule has 0 aromatic heterocycles. The summed E-state index contributed by atoms with van der Waals surface area (Å²) >= 11 is 1.81. The Labute approximate surface area is 70.3 Å². The van der Waals surface area contributed by atoms with Gasteiger partial charge in [-0.05, 0) is 30.4 Å². The van der Waals surface area contributed by atoms with Crippen molar-refractivity contribution < 1.29 is 9.90 Å². The molecule has 0 aromatic rings. The fraction of sp³-hybridized carbons (Fsp3) is 0.857. The van der Waals surface area contributed by atoms with E-state index >= 15 is 0 Å². The molecule has 1 saturated heterocycles. The van der Waals surface area contributed by atoms with Gasteiger partial charge in [-0.25, -0.2) is 0 Å². The number of thioether (sulfide) groups is 1. The van der Waals surface area contributed by atoms with E-state index in [1.165, 1.54) is 0 Å². The summed E-state index contributed by atoms with van der Waals surface area (Å²) in [6.07, 6.45) is 0.780. The lowest BCUT2D eigenvalue weighted by molar-refractivity contribution is -0.143. The Hall–Kier alpha value is -0.220. The summed E-state index contributed by atoms with van der Waals surface area (Å²) in [7, 11) is 0. The van der Waals surface area contributed by atoms with Crippen LogP contribution in [-0.4, -0.2) is 29.1 Å². The van der Waals surface area contributed by atoms with E-state index in [1.807, 2.05) is 0 Å². The third kappa shape index (κ3) is 2.10. The van der Waals surface area contributed by atoms with Gasteiger partial charge in [0.1, 0.15) is 0 Å². The molecule has 0 unspecified atom stereocenters. The molecule has 0 spiro atoms. The Morgan fingerprint density at radius 2 is 2.45 bits per heavy atom. The van der Waals surface area contributed by atoms with E-state index in [-0.39, 0.29) is 11.8 Å². The number of nitrogens with two attached hydrogens (primary N) is 1. The van der Waals surface area contributed by atoms with Crippen molar-refractivity contribution in [3.05, 3.63) is 0 Å². The number of aliphatic carboxylic acids is 1. The Morgan fingerprint density at radius 1 is 1.73 bits per heavy atom. The molecule has 0 amide bonds. The predicted octanol–water partition coefficient (Wildman–Crippen LogP) is 0.399. The summed E-state index contributed by atoms with van der Waals surface area (Å²) in [5.41, 5.74) is 5.45. The molecular formula is C7H13NO2S. The van der Waals surface area contributed by atoms with Crippen LogP contribution < -0.4 is 5.73 Å². The lowest BCUT2D eigenvalue weighted by Crippen LogP contribution is -2.34. The Balaban J connectivity index is 2.51. The summed E-state index contributed by atoms with van der Waals surface area (Å²) < 4.78 is 0. The van der Waals surface area contributed by atoms with E-state index in [4.69, 9.17) is 10.8 Å². The molecule has 3 N–H and O–H groups in total. The normalized spacial score (nSPS) is 31.7. The van der Waals surface area contributed by atoms with Crippen LogP contribution in [0.1, 0.15) is 6.42 Å². The van der Waals surface area contributed by atoms with Crippen molar-refractivity contribution >= 4 is 17.7 Å². The molecule has 1 aliphatic rings. The number of carbonyl (C=O) groups is 1. The van der Waals surface area contributed by atoms with Gasteiger partial charge >= 0.3 is 5.97 Å². The first-order chi connectivity index (χ1) is 5.25. The molecule has 0 radical (unpaired) electrons. The van der Waals surface area contributed by atoms with Gasteiger partial charge in [0.05, 0.1) is 5.92 Å². The molecule has 11 heavy (non-hydrogen) atoms. The molecule has 0 aliphatic carbocycles. The van der Waals surface area contributed by atoms with Crippen molar-refractivity contribution in [1.29, 1.82) is 0 Å². The van der Waals surface area contributed by atoms with Gasteiger partial charge in [0.2, 0.25) is 0 Å². The van der Waals surface area contributed by atoms with Crippen LogP contribution in [-0.2, 0) is 4.79 Å². The van der Waals surface area contributed by atoms with Crippen molar-refractivity contribution in [2.24, 2.45) is 17.6 Å². The number of rotatable bonds is 2. The average Bonchev–Trinajstić information content (AvgIpc) is 2.04. The minimum Gasteiger partial charge on any atom is -0.481 e. The van der Waals surface area contributed by atoms with Crippen LogP contribution in [0.5, 0.6) is 0 Å². The van der Waals surface area contributed by atoms with Gasteiger partial charge in [0.25, 0.3) is 0 Å². The van der Waals surface area contributed by atoms with Crippen LogP contribution in [0, 0.1) is 11.8 Å². The maximum Gasteiger partial charge on any atom is 0.306 e. The Morgan fingerprint density at radius 3 is 2.91 bits per heavy atom. The highest BCUT2D eigenvalue weighted by atomic mass is 32.2. The highest BCUT2D eigenvalue weighted by Gasteiger charge is 2.29. The van der Waals surface area contributed by atoms with Crippen molar-refractivity contribution in [2.45, 2.75) is 6.42 Å². The second kappa shape index (κ2) is 3.97. The molecule has 0 saturated carbocycles. The number of carboxylic acid groups (broad SMARTS) is 1. The highest BCUT2D eigenvalue weighted by Crippen LogP contribution is 2.27. The van der Waals surface area contributed by atoms with E-state index in [9.17, 15) is 4.79 Å². The molecular weight excluding hydrogens is 162 g/mol. The van der Waals surface area contributed by atoms with E-state index in [0.717, 1.165) is 17.9 Å². The molecule has 4 heteroatoms. The zero-order valence-electron chi connectivity index (χ0n) is 6.32. The van der Waals surface area contributed by atoms with Crippen LogP contribution >= 0.6 is 11.8 Å².